The first-order chi connectivity index (χ1) is 14.8. The lowest BCUT2D eigenvalue weighted by Gasteiger charge is -2.37. The van der Waals surface area contributed by atoms with Gasteiger partial charge in [0.2, 0.25) is 0 Å². The summed E-state index contributed by atoms with van der Waals surface area (Å²) in [7, 11) is 1.31. The van der Waals surface area contributed by atoms with Crippen LogP contribution in [0.25, 0.3) is 0 Å². The number of benzene rings is 2. The minimum Gasteiger partial charge on any atom is -0.468 e. The van der Waals surface area contributed by atoms with E-state index in [4.69, 9.17) is 14.2 Å². The third-order valence-corrected chi connectivity index (χ3v) is 6.29. The van der Waals surface area contributed by atoms with E-state index in [2.05, 4.69) is 15.9 Å². The zero-order valence-corrected chi connectivity index (χ0v) is 20.2. The van der Waals surface area contributed by atoms with Gasteiger partial charge < -0.3 is 19.3 Å². The molecule has 0 unspecified atom stereocenters. The minimum absolute atomic E-state index is 0.0157. The largest absolute Gasteiger partial charge is 0.468 e. The van der Waals surface area contributed by atoms with Crippen LogP contribution in [-0.4, -0.2) is 41.3 Å². The third-order valence-electron chi connectivity index (χ3n) is 5.49. The number of alkyl halides is 1. The molecule has 0 amide bonds. The molecule has 0 saturated heterocycles. The molecule has 5 atom stereocenters. The summed E-state index contributed by atoms with van der Waals surface area (Å²) in [6.07, 6.45) is -1.36. The molecule has 0 aliphatic heterocycles. The smallest absolute Gasteiger partial charge is 0.325 e. The van der Waals surface area contributed by atoms with E-state index in [0.29, 0.717) is 19.8 Å². The maximum atomic E-state index is 12.2. The van der Waals surface area contributed by atoms with Crippen molar-refractivity contribution in [3.63, 3.8) is 0 Å². The van der Waals surface area contributed by atoms with Crippen LogP contribution >= 0.6 is 15.9 Å². The lowest BCUT2D eigenvalue weighted by Crippen LogP contribution is -2.50. The van der Waals surface area contributed by atoms with Crippen molar-refractivity contribution in [1.82, 2.24) is 0 Å². The zero-order valence-electron chi connectivity index (χ0n) is 18.7. The van der Waals surface area contributed by atoms with Gasteiger partial charge in [0, 0.05) is 11.8 Å². The van der Waals surface area contributed by atoms with Crippen LogP contribution in [0.3, 0.4) is 0 Å². The van der Waals surface area contributed by atoms with Crippen LogP contribution < -0.4 is 0 Å². The van der Waals surface area contributed by atoms with Crippen LogP contribution in [0.5, 0.6) is 0 Å². The van der Waals surface area contributed by atoms with Gasteiger partial charge in [-0.3, -0.25) is 4.79 Å². The van der Waals surface area contributed by atoms with Crippen molar-refractivity contribution in [3.05, 3.63) is 71.8 Å². The van der Waals surface area contributed by atoms with Crippen molar-refractivity contribution in [2.45, 2.75) is 50.5 Å². The zero-order chi connectivity index (χ0) is 22.9. The van der Waals surface area contributed by atoms with Gasteiger partial charge >= 0.3 is 5.97 Å². The van der Waals surface area contributed by atoms with Crippen LogP contribution in [0.2, 0.25) is 0 Å². The Balaban J connectivity index is 2.09. The van der Waals surface area contributed by atoms with Gasteiger partial charge in [0.05, 0.1) is 39.1 Å². The van der Waals surface area contributed by atoms with Gasteiger partial charge in [0.1, 0.15) is 4.32 Å². The first kappa shape index (κ1) is 25.5. The van der Waals surface area contributed by atoms with Crippen molar-refractivity contribution in [2.24, 2.45) is 11.8 Å². The molecule has 0 aromatic heterocycles. The molecule has 0 spiro atoms. The van der Waals surface area contributed by atoms with Crippen molar-refractivity contribution >= 4 is 21.9 Å². The molecule has 2 aromatic carbocycles. The summed E-state index contributed by atoms with van der Waals surface area (Å²) in [4.78, 5) is 12.2. The molecule has 31 heavy (non-hydrogen) atoms. The predicted octanol–water partition coefficient (Wildman–Crippen LogP) is 4.75. The molecule has 0 saturated carbocycles. The molecule has 170 valence electrons. The Morgan fingerprint density at radius 2 is 1.52 bits per heavy atom. The Morgan fingerprint density at radius 1 is 1.00 bits per heavy atom. The summed E-state index contributed by atoms with van der Waals surface area (Å²) in [5.41, 5.74) is 2.14. The Hall–Kier alpha value is -1.73. The molecule has 0 fully saturated rings. The van der Waals surface area contributed by atoms with Crippen molar-refractivity contribution < 1.29 is 24.1 Å². The number of aliphatic hydroxyl groups excluding tert-OH is 1. The van der Waals surface area contributed by atoms with E-state index in [9.17, 15) is 9.90 Å². The topological polar surface area (TPSA) is 65.0 Å². The van der Waals surface area contributed by atoms with Crippen molar-refractivity contribution in [2.75, 3.05) is 13.7 Å². The number of aliphatic hydroxyl groups is 1. The SMILES string of the molecule is COC(=O)[C@](C)(Br)[C@H](O)[C@@H](C)[C@@H](OCc1ccccc1)[C@@H](C)COCc1ccccc1. The van der Waals surface area contributed by atoms with E-state index in [0.717, 1.165) is 11.1 Å². The maximum Gasteiger partial charge on any atom is 0.325 e. The molecule has 2 aromatic rings. The second kappa shape index (κ2) is 12.3. The average Bonchev–Trinajstić information content (AvgIpc) is 2.79. The molecule has 0 radical (unpaired) electrons. The number of carbonyl (C=O) groups is 1. The molecule has 0 heterocycles. The second-order valence-corrected chi connectivity index (χ2v) is 9.76. The van der Waals surface area contributed by atoms with Crippen LogP contribution in [0.1, 0.15) is 31.9 Å². The number of carbonyl (C=O) groups excluding carboxylic acids is 1. The minimum atomic E-state index is -1.24. The van der Waals surface area contributed by atoms with Gasteiger partial charge in [0.15, 0.2) is 0 Å². The van der Waals surface area contributed by atoms with E-state index in [1.54, 1.807) is 6.92 Å². The molecular weight excluding hydrogens is 460 g/mol. The Morgan fingerprint density at radius 3 is 2.03 bits per heavy atom. The predicted molar refractivity (Wildman–Crippen MR) is 125 cm³/mol. The van der Waals surface area contributed by atoms with Crippen LogP contribution in [0, 0.1) is 11.8 Å². The van der Waals surface area contributed by atoms with E-state index in [1.165, 1.54) is 7.11 Å². The molecule has 0 aliphatic carbocycles. The summed E-state index contributed by atoms with van der Waals surface area (Å²) in [6.45, 7) is 6.91. The highest BCUT2D eigenvalue weighted by Crippen LogP contribution is 2.33. The fourth-order valence-corrected chi connectivity index (χ4v) is 4.21. The average molecular weight is 493 g/mol. The molecule has 5 nitrogen and oxygen atoms in total. The summed E-state index contributed by atoms with van der Waals surface area (Å²) in [5.74, 6) is -0.901. The fourth-order valence-electron chi connectivity index (χ4n) is 3.63. The van der Waals surface area contributed by atoms with Crippen LogP contribution in [0.4, 0.5) is 0 Å². The highest BCUT2D eigenvalue weighted by molar-refractivity contribution is 9.10. The number of hydrogen-bond donors (Lipinski definition) is 1. The van der Waals surface area contributed by atoms with E-state index in [1.807, 2.05) is 74.5 Å². The number of rotatable bonds is 12. The van der Waals surface area contributed by atoms with Crippen molar-refractivity contribution in [1.29, 1.82) is 0 Å². The standard InChI is InChI=1S/C25H33BrO5/c1-18(15-30-16-20-11-7-5-8-12-20)22(31-17-21-13-9-6-10-14-21)19(2)23(27)25(3,26)24(28)29-4/h5-14,18-19,22-23,27H,15-17H2,1-4H3/t18-,19-,22-,23+,25+/m0/s1. The first-order valence-electron chi connectivity index (χ1n) is 10.5. The molecule has 1 N–H and O–H groups in total. The van der Waals surface area contributed by atoms with Gasteiger partial charge in [-0.15, -0.1) is 0 Å². The third kappa shape index (κ3) is 7.42. The molecule has 6 heteroatoms. The summed E-state index contributed by atoms with van der Waals surface area (Å²) in [6, 6.07) is 19.9. The van der Waals surface area contributed by atoms with E-state index >= 15 is 0 Å². The Bertz CT molecular complexity index is 781. The lowest BCUT2D eigenvalue weighted by molar-refractivity contribution is -0.149. The number of esters is 1. The number of ether oxygens (including phenoxy) is 3. The summed E-state index contributed by atoms with van der Waals surface area (Å²) < 4.78 is 15.8. The Labute approximate surface area is 193 Å². The lowest BCUT2D eigenvalue weighted by atomic mass is 9.84. The quantitative estimate of drug-likeness (QED) is 0.342. The second-order valence-electron chi connectivity index (χ2n) is 8.11. The molecular formula is C25H33BrO5. The van der Waals surface area contributed by atoms with Gasteiger partial charge in [0.25, 0.3) is 0 Å². The van der Waals surface area contributed by atoms with Gasteiger partial charge in [-0.2, -0.15) is 0 Å². The van der Waals surface area contributed by atoms with E-state index < -0.39 is 16.4 Å². The normalized spacial score (nSPS) is 17.2. The van der Waals surface area contributed by atoms with Crippen molar-refractivity contribution in [3.8, 4) is 0 Å². The summed E-state index contributed by atoms with van der Waals surface area (Å²) in [5, 5.41) is 11.0. The van der Waals surface area contributed by atoms with E-state index in [-0.39, 0.29) is 17.9 Å². The highest BCUT2D eigenvalue weighted by Gasteiger charge is 2.45. The fraction of sp³-hybridized carbons (Fsp3) is 0.480. The number of halogens is 1. The monoisotopic (exact) mass is 492 g/mol. The summed E-state index contributed by atoms with van der Waals surface area (Å²) >= 11 is 3.36. The molecule has 0 bridgehead atoms. The van der Waals surface area contributed by atoms with Gasteiger partial charge in [-0.05, 0) is 18.1 Å². The van der Waals surface area contributed by atoms with Crippen LogP contribution in [-0.2, 0) is 32.2 Å². The maximum absolute atomic E-state index is 12.2. The molecule has 0 aliphatic rings. The van der Waals surface area contributed by atoms with Gasteiger partial charge in [-0.25, -0.2) is 0 Å². The van der Waals surface area contributed by atoms with Crippen LogP contribution in [0.15, 0.2) is 60.7 Å². The number of hydrogen-bond acceptors (Lipinski definition) is 5. The van der Waals surface area contributed by atoms with Gasteiger partial charge in [-0.1, -0.05) is 90.4 Å². The molecule has 2 rings (SSSR count). The number of methoxy groups -OCH3 is 1. The first-order valence-corrected chi connectivity index (χ1v) is 11.3. The Kier molecular flexibility index (Phi) is 10.2. The highest BCUT2D eigenvalue weighted by atomic mass is 79.9.